The highest BCUT2D eigenvalue weighted by molar-refractivity contribution is 14.0. The van der Waals surface area contributed by atoms with Crippen LogP contribution in [0, 0.1) is 0 Å². The second-order valence-corrected chi connectivity index (χ2v) is 6.73. The molecule has 0 aromatic heterocycles. The maximum atomic E-state index is 4.71. The van der Waals surface area contributed by atoms with Crippen LogP contribution in [0.15, 0.2) is 35.3 Å². The summed E-state index contributed by atoms with van der Waals surface area (Å²) in [7, 11) is 0. The van der Waals surface area contributed by atoms with E-state index in [1.807, 2.05) is 0 Å². The minimum atomic E-state index is 0. The minimum absolute atomic E-state index is 0. The quantitative estimate of drug-likeness (QED) is 0.264. The van der Waals surface area contributed by atoms with Gasteiger partial charge in [0.05, 0.1) is 0 Å². The van der Waals surface area contributed by atoms with Gasteiger partial charge in [0.2, 0.25) is 0 Å². The standard InChI is InChI=1S/C20H35N5.HI/c1-4-18(3)23-20(21-5-2)22-12-9-13-24-14-16-25(17-15-24)19-10-7-6-8-11-19;/h6-8,10-11,18H,4-5,9,12-17H2,1-3H3,(H2,21,22,23);1H. The van der Waals surface area contributed by atoms with Crippen molar-refractivity contribution in [3.8, 4) is 0 Å². The smallest absolute Gasteiger partial charge is 0.191 e. The van der Waals surface area contributed by atoms with E-state index in [1.165, 1.54) is 5.69 Å². The third kappa shape index (κ3) is 8.12. The van der Waals surface area contributed by atoms with Gasteiger partial charge in [-0.1, -0.05) is 25.1 Å². The molecular formula is C20H36IN5. The Balaban J connectivity index is 0.00000338. The summed E-state index contributed by atoms with van der Waals surface area (Å²) in [5, 5.41) is 6.78. The van der Waals surface area contributed by atoms with Gasteiger partial charge in [-0.05, 0) is 38.8 Å². The molecule has 1 aliphatic heterocycles. The molecule has 0 bridgehead atoms. The molecule has 1 unspecified atom stereocenters. The lowest BCUT2D eigenvalue weighted by molar-refractivity contribution is 0.256. The first kappa shape index (κ1) is 23.0. The molecule has 1 heterocycles. The molecule has 5 nitrogen and oxygen atoms in total. The van der Waals surface area contributed by atoms with Crippen LogP contribution < -0.4 is 15.5 Å². The van der Waals surface area contributed by atoms with Crippen molar-refractivity contribution in [3.63, 3.8) is 0 Å². The summed E-state index contributed by atoms with van der Waals surface area (Å²) in [4.78, 5) is 9.75. The van der Waals surface area contributed by atoms with E-state index in [1.54, 1.807) is 0 Å². The van der Waals surface area contributed by atoms with Gasteiger partial charge >= 0.3 is 0 Å². The van der Waals surface area contributed by atoms with Crippen LogP contribution in [0.25, 0.3) is 0 Å². The summed E-state index contributed by atoms with van der Waals surface area (Å²) in [5.41, 5.74) is 1.35. The number of para-hydroxylation sites is 1. The summed E-state index contributed by atoms with van der Waals surface area (Å²) < 4.78 is 0. The second kappa shape index (κ2) is 13.2. The number of nitrogens with one attached hydrogen (secondary N) is 2. The summed E-state index contributed by atoms with van der Waals surface area (Å²) >= 11 is 0. The third-order valence-electron chi connectivity index (χ3n) is 4.74. The number of aliphatic imine (C=N–C) groups is 1. The average molecular weight is 473 g/mol. The van der Waals surface area contributed by atoms with Crippen LogP contribution in [0.1, 0.15) is 33.6 Å². The molecule has 148 valence electrons. The topological polar surface area (TPSA) is 42.9 Å². The van der Waals surface area contributed by atoms with Gasteiger partial charge in [-0.3, -0.25) is 9.89 Å². The Morgan fingerprint density at radius 2 is 1.81 bits per heavy atom. The molecule has 1 aromatic carbocycles. The van der Waals surface area contributed by atoms with E-state index < -0.39 is 0 Å². The number of nitrogens with zero attached hydrogens (tertiary/aromatic N) is 3. The maximum absolute atomic E-state index is 4.71. The van der Waals surface area contributed by atoms with Gasteiger partial charge in [0.25, 0.3) is 0 Å². The first-order valence-electron chi connectivity index (χ1n) is 9.80. The zero-order valence-electron chi connectivity index (χ0n) is 16.6. The molecule has 2 rings (SSSR count). The highest BCUT2D eigenvalue weighted by Crippen LogP contribution is 2.15. The van der Waals surface area contributed by atoms with Crippen molar-refractivity contribution in [1.82, 2.24) is 15.5 Å². The van der Waals surface area contributed by atoms with E-state index in [2.05, 4.69) is 71.5 Å². The molecule has 1 saturated heterocycles. The lowest BCUT2D eigenvalue weighted by Gasteiger charge is -2.36. The van der Waals surface area contributed by atoms with Crippen molar-refractivity contribution in [2.24, 2.45) is 4.99 Å². The Kier molecular flexibility index (Phi) is 11.7. The molecule has 0 saturated carbocycles. The fraction of sp³-hybridized carbons (Fsp3) is 0.650. The molecule has 6 heteroatoms. The number of hydrogen-bond donors (Lipinski definition) is 2. The monoisotopic (exact) mass is 473 g/mol. The summed E-state index contributed by atoms with van der Waals surface area (Å²) in [6.07, 6.45) is 2.22. The van der Waals surface area contributed by atoms with E-state index in [0.717, 1.165) is 64.6 Å². The molecule has 0 aliphatic carbocycles. The van der Waals surface area contributed by atoms with E-state index in [9.17, 15) is 0 Å². The van der Waals surface area contributed by atoms with Crippen LogP contribution >= 0.6 is 24.0 Å². The molecule has 1 aliphatic rings. The Bertz CT molecular complexity index is 500. The number of halogens is 1. The Morgan fingerprint density at radius 3 is 2.42 bits per heavy atom. The van der Waals surface area contributed by atoms with Crippen molar-refractivity contribution in [2.75, 3.05) is 50.7 Å². The Morgan fingerprint density at radius 1 is 1.12 bits per heavy atom. The molecule has 1 fully saturated rings. The third-order valence-corrected chi connectivity index (χ3v) is 4.74. The van der Waals surface area contributed by atoms with E-state index in [-0.39, 0.29) is 24.0 Å². The first-order valence-corrected chi connectivity index (χ1v) is 9.80. The van der Waals surface area contributed by atoms with Gasteiger partial charge in [0, 0.05) is 57.5 Å². The summed E-state index contributed by atoms with van der Waals surface area (Å²) in [6.45, 7) is 13.9. The number of piperazine rings is 1. The molecule has 1 aromatic rings. The van der Waals surface area contributed by atoms with Crippen LogP contribution in [0.4, 0.5) is 5.69 Å². The lowest BCUT2D eigenvalue weighted by atomic mass is 10.2. The van der Waals surface area contributed by atoms with Crippen LogP contribution in [0.5, 0.6) is 0 Å². The molecule has 0 radical (unpaired) electrons. The lowest BCUT2D eigenvalue weighted by Crippen LogP contribution is -2.46. The summed E-state index contributed by atoms with van der Waals surface area (Å²) in [5.74, 6) is 0.950. The SMILES string of the molecule is CCNC(=NCCCN1CCN(c2ccccc2)CC1)NC(C)CC.I. The molecule has 2 N–H and O–H groups in total. The maximum Gasteiger partial charge on any atom is 0.191 e. The summed E-state index contributed by atoms with van der Waals surface area (Å²) in [6, 6.07) is 11.2. The number of anilines is 1. The largest absolute Gasteiger partial charge is 0.369 e. The van der Waals surface area contributed by atoms with Gasteiger partial charge in [0.15, 0.2) is 5.96 Å². The fourth-order valence-corrected chi connectivity index (χ4v) is 3.01. The van der Waals surface area contributed by atoms with Crippen LogP contribution in [-0.4, -0.2) is 62.7 Å². The van der Waals surface area contributed by atoms with E-state index in [0.29, 0.717) is 6.04 Å². The zero-order valence-corrected chi connectivity index (χ0v) is 18.9. The molecule has 26 heavy (non-hydrogen) atoms. The predicted molar refractivity (Wildman–Crippen MR) is 124 cm³/mol. The number of rotatable bonds is 8. The highest BCUT2D eigenvalue weighted by atomic mass is 127. The van der Waals surface area contributed by atoms with Crippen LogP contribution in [0.2, 0.25) is 0 Å². The fourth-order valence-electron chi connectivity index (χ4n) is 3.01. The van der Waals surface area contributed by atoms with Gasteiger partial charge in [-0.25, -0.2) is 0 Å². The molecular weight excluding hydrogens is 437 g/mol. The second-order valence-electron chi connectivity index (χ2n) is 6.73. The van der Waals surface area contributed by atoms with Crippen molar-refractivity contribution >= 4 is 35.6 Å². The van der Waals surface area contributed by atoms with Crippen molar-refractivity contribution in [1.29, 1.82) is 0 Å². The molecule has 0 spiro atoms. The van der Waals surface area contributed by atoms with Crippen molar-refractivity contribution in [3.05, 3.63) is 30.3 Å². The van der Waals surface area contributed by atoms with E-state index >= 15 is 0 Å². The van der Waals surface area contributed by atoms with Crippen molar-refractivity contribution in [2.45, 2.75) is 39.7 Å². The van der Waals surface area contributed by atoms with Gasteiger partial charge in [-0.15, -0.1) is 24.0 Å². The van der Waals surface area contributed by atoms with Gasteiger partial charge in [0.1, 0.15) is 0 Å². The Labute approximate surface area is 176 Å². The van der Waals surface area contributed by atoms with E-state index in [4.69, 9.17) is 4.99 Å². The van der Waals surface area contributed by atoms with Gasteiger partial charge in [-0.2, -0.15) is 0 Å². The van der Waals surface area contributed by atoms with Crippen LogP contribution in [0.3, 0.4) is 0 Å². The number of hydrogen-bond acceptors (Lipinski definition) is 3. The highest BCUT2D eigenvalue weighted by Gasteiger charge is 2.16. The normalized spacial score (nSPS) is 16.7. The van der Waals surface area contributed by atoms with Crippen LogP contribution in [-0.2, 0) is 0 Å². The number of guanidine groups is 1. The number of benzene rings is 1. The molecule has 1 atom stereocenters. The average Bonchev–Trinajstić information content (AvgIpc) is 2.66. The Hall–Kier alpha value is -1.02. The van der Waals surface area contributed by atoms with Gasteiger partial charge < -0.3 is 15.5 Å². The zero-order chi connectivity index (χ0) is 17.9. The predicted octanol–water partition coefficient (Wildman–Crippen LogP) is 3.17. The van der Waals surface area contributed by atoms with Crippen molar-refractivity contribution < 1.29 is 0 Å². The first-order chi connectivity index (χ1) is 12.2. The minimum Gasteiger partial charge on any atom is -0.369 e. The molecule has 0 amide bonds.